The van der Waals surface area contributed by atoms with Gasteiger partial charge in [-0.2, -0.15) is 0 Å². The fourth-order valence-corrected chi connectivity index (χ4v) is 2.78. The lowest BCUT2D eigenvalue weighted by molar-refractivity contribution is 0.337. The molecular weight excluding hydrogens is 312 g/mol. The molecule has 1 fully saturated rings. The number of halogens is 2. The number of nitrogens with zero attached hydrogens (tertiary/aromatic N) is 1. The molecule has 1 N–H and O–H groups in total. The highest BCUT2D eigenvalue weighted by Gasteiger charge is 2.26. The minimum Gasteiger partial charge on any atom is -0.366 e. The van der Waals surface area contributed by atoms with Gasteiger partial charge in [-0.25, -0.2) is 0 Å². The predicted octanol–water partition coefficient (Wildman–Crippen LogP) is 3.93. The van der Waals surface area contributed by atoms with Gasteiger partial charge in [-0.05, 0) is 47.0 Å². The fourth-order valence-electron chi connectivity index (χ4n) is 2.36. The molecule has 0 aromatic heterocycles. The van der Waals surface area contributed by atoms with Gasteiger partial charge in [0.05, 0.1) is 5.02 Å². The van der Waals surface area contributed by atoms with Crippen LogP contribution in [0.5, 0.6) is 0 Å². The number of rotatable bonds is 2. The second-order valence-corrected chi connectivity index (χ2v) is 6.62. The van der Waals surface area contributed by atoms with E-state index < -0.39 is 0 Å². The lowest BCUT2D eigenvalue weighted by Gasteiger charge is -2.42. The molecule has 2 atom stereocenters. The van der Waals surface area contributed by atoms with Crippen LogP contribution >= 0.6 is 27.5 Å². The van der Waals surface area contributed by atoms with E-state index in [0.717, 1.165) is 22.6 Å². The summed E-state index contributed by atoms with van der Waals surface area (Å²) in [6.45, 7) is 8.84. The highest BCUT2D eigenvalue weighted by Crippen LogP contribution is 2.29. The van der Waals surface area contributed by atoms with Gasteiger partial charge in [0, 0.05) is 35.3 Å². The molecule has 2 unspecified atom stereocenters. The number of benzene rings is 1. The number of hydrogen-bond acceptors (Lipinski definition) is 2. The molecule has 2 nitrogen and oxygen atoms in total. The van der Waals surface area contributed by atoms with E-state index in [2.05, 4.69) is 53.0 Å². The Labute approximate surface area is 123 Å². The Morgan fingerprint density at radius 2 is 2.17 bits per heavy atom. The first kappa shape index (κ1) is 14.2. The summed E-state index contributed by atoms with van der Waals surface area (Å²) in [5.41, 5.74) is 1.21. The first-order chi connectivity index (χ1) is 8.49. The van der Waals surface area contributed by atoms with Gasteiger partial charge in [-0.3, -0.25) is 0 Å². The number of nitrogens with one attached hydrogen (secondary N) is 1. The molecular formula is C14H20BrClN2. The zero-order chi connectivity index (χ0) is 13.3. The third-order valence-corrected chi connectivity index (χ3v) is 4.87. The largest absolute Gasteiger partial charge is 0.366 e. The summed E-state index contributed by atoms with van der Waals surface area (Å²) in [5, 5.41) is 4.39. The summed E-state index contributed by atoms with van der Waals surface area (Å²) in [6.07, 6.45) is 0. The third kappa shape index (κ3) is 3.01. The molecule has 0 bridgehead atoms. The van der Waals surface area contributed by atoms with Crippen LogP contribution in [-0.4, -0.2) is 25.2 Å². The Kier molecular flexibility index (Phi) is 4.57. The SMILES string of the molecule is CC(C)C1CN(c2ccc(Br)c(Cl)c2)C(C)CN1. The van der Waals surface area contributed by atoms with E-state index in [1.807, 2.05) is 12.1 Å². The molecule has 2 rings (SSSR count). The Morgan fingerprint density at radius 1 is 1.44 bits per heavy atom. The van der Waals surface area contributed by atoms with Gasteiger partial charge in [0.2, 0.25) is 0 Å². The van der Waals surface area contributed by atoms with Crippen molar-refractivity contribution in [1.82, 2.24) is 5.32 Å². The van der Waals surface area contributed by atoms with Gasteiger partial charge < -0.3 is 10.2 Å². The van der Waals surface area contributed by atoms with E-state index in [0.29, 0.717) is 18.0 Å². The van der Waals surface area contributed by atoms with Crippen molar-refractivity contribution in [1.29, 1.82) is 0 Å². The molecule has 1 aliphatic rings. The standard InChI is InChI=1S/C14H20BrClN2/c1-9(2)14-8-18(10(3)7-17-14)11-4-5-12(15)13(16)6-11/h4-6,9-10,14,17H,7-8H2,1-3H3. The Morgan fingerprint density at radius 3 is 2.78 bits per heavy atom. The summed E-state index contributed by atoms with van der Waals surface area (Å²) in [4.78, 5) is 2.44. The van der Waals surface area contributed by atoms with Crippen LogP contribution in [0.1, 0.15) is 20.8 Å². The van der Waals surface area contributed by atoms with Crippen molar-refractivity contribution in [3.8, 4) is 0 Å². The smallest absolute Gasteiger partial charge is 0.0568 e. The van der Waals surface area contributed by atoms with Crippen molar-refractivity contribution in [2.75, 3.05) is 18.0 Å². The molecule has 4 heteroatoms. The average Bonchev–Trinajstić information content (AvgIpc) is 2.33. The van der Waals surface area contributed by atoms with Gasteiger partial charge in [-0.15, -0.1) is 0 Å². The van der Waals surface area contributed by atoms with Crippen LogP contribution in [0.4, 0.5) is 5.69 Å². The van der Waals surface area contributed by atoms with Crippen LogP contribution in [0.3, 0.4) is 0 Å². The maximum absolute atomic E-state index is 6.19. The van der Waals surface area contributed by atoms with E-state index in [4.69, 9.17) is 11.6 Å². The van der Waals surface area contributed by atoms with Crippen molar-refractivity contribution in [2.45, 2.75) is 32.9 Å². The van der Waals surface area contributed by atoms with E-state index in [1.165, 1.54) is 5.69 Å². The summed E-state index contributed by atoms with van der Waals surface area (Å²) in [7, 11) is 0. The molecule has 1 aromatic rings. The molecule has 1 aromatic carbocycles. The van der Waals surface area contributed by atoms with E-state index in [1.54, 1.807) is 0 Å². The lowest BCUT2D eigenvalue weighted by atomic mass is 9.99. The van der Waals surface area contributed by atoms with Crippen molar-refractivity contribution >= 4 is 33.2 Å². The zero-order valence-corrected chi connectivity index (χ0v) is 13.4. The van der Waals surface area contributed by atoms with Crippen molar-refractivity contribution in [2.24, 2.45) is 5.92 Å². The van der Waals surface area contributed by atoms with Gasteiger partial charge in [-0.1, -0.05) is 25.4 Å². The first-order valence-corrected chi connectivity index (χ1v) is 7.61. The highest BCUT2D eigenvalue weighted by molar-refractivity contribution is 9.10. The summed E-state index contributed by atoms with van der Waals surface area (Å²) in [5.74, 6) is 0.644. The predicted molar refractivity (Wildman–Crippen MR) is 82.6 cm³/mol. The molecule has 1 heterocycles. The lowest BCUT2D eigenvalue weighted by Crippen LogP contribution is -2.57. The molecule has 0 saturated carbocycles. The quantitative estimate of drug-likeness (QED) is 0.883. The molecule has 0 aliphatic carbocycles. The summed E-state index contributed by atoms with van der Waals surface area (Å²) < 4.78 is 0.955. The van der Waals surface area contributed by atoms with Crippen molar-refractivity contribution in [3.63, 3.8) is 0 Å². The number of hydrogen-bond donors (Lipinski definition) is 1. The Bertz CT molecular complexity index is 422. The fraction of sp³-hybridized carbons (Fsp3) is 0.571. The zero-order valence-electron chi connectivity index (χ0n) is 11.1. The van der Waals surface area contributed by atoms with Gasteiger partial charge in [0.1, 0.15) is 0 Å². The average molecular weight is 332 g/mol. The summed E-state index contributed by atoms with van der Waals surface area (Å²) >= 11 is 9.63. The van der Waals surface area contributed by atoms with Crippen LogP contribution in [0.2, 0.25) is 5.02 Å². The van der Waals surface area contributed by atoms with Gasteiger partial charge in [0.15, 0.2) is 0 Å². The van der Waals surface area contributed by atoms with Gasteiger partial charge in [0.25, 0.3) is 0 Å². The number of piperazine rings is 1. The number of anilines is 1. The summed E-state index contributed by atoms with van der Waals surface area (Å²) in [6, 6.07) is 7.25. The maximum Gasteiger partial charge on any atom is 0.0568 e. The molecule has 1 saturated heterocycles. The van der Waals surface area contributed by atoms with E-state index in [-0.39, 0.29) is 0 Å². The molecule has 1 aliphatic heterocycles. The van der Waals surface area contributed by atoms with Crippen LogP contribution in [0.15, 0.2) is 22.7 Å². The van der Waals surface area contributed by atoms with E-state index >= 15 is 0 Å². The topological polar surface area (TPSA) is 15.3 Å². The molecule has 0 radical (unpaired) electrons. The second-order valence-electron chi connectivity index (χ2n) is 5.36. The first-order valence-electron chi connectivity index (χ1n) is 6.44. The monoisotopic (exact) mass is 330 g/mol. The van der Waals surface area contributed by atoms with Crippen molar-refractivity contribution < 1.29 is 0 Å². The molecule has 18 heavy (non-hydrogen) atoms. The Balaban J connectivity index is 2.21. The second kappa shape index (κ2) is 5.81. The minimum atomic E-state index is 0.497. The molecule has 0 amide bonds. The third-order valence-electron chi connectivity index (χ3n) is 3.64. The van der Waals surface area contributed by atoms with E-state index in [9.17, 15) is 0 Å². The van der Waals surface area contributed by atoms with Crippen LogP contribution in [0.25, 0.3) is 0 Å². The van der Waals surface area contributed by atoms with Crippen LogP contribution in [-0.2, 0) is 0 Å². The Hall–Kier alpha value is -0.250. The van der Waals surface area contributed by atoms with Crippen LogP contribution in [0, 0.1) is 5.92 Å². The van der Waals surface area contributed by atoms with Gasteiger partial charge >= 0.3 is 0 Å². The minimum absolute atomic E-state index is 0.497. The van der Waals surface area contributed by atoms with Crippen LogP contribution < -0.4 is 10.2 Å². The normalized spacial score (nSPS) is 24.7. The highest BCUT2D eigenvalue weighted by atomic mass is 79.9. The van der Waals surface area contributed by atoms with Crippen molar-refractivity contribution in [3.05, 3.63) is 27.7 Å². The molecule has 0 spiro atoms. The molecule has 100 valence electrons. The maximum atomic E-state index is 6.19.